The number of amides is 2. The molecule has 0 aliphatic rings. The fraction of sp³-hybridized carbons (Fsp3) is 0.429. The van der Waals surface area contributed by atoms with Gasteiger partial charge in [0.05, 0.1) is 6.54 Å². The monoisotopic (exact) mass is 374 g/mol. The molecule has 1 N–H and O–H groups in total. The fourth-order valence-corrected chi connectivity index (χ4v) is 1.83. The molecule has 0 bridgehead atoms. The lowest BCUT2D eigenvalue weighted by Gasteiger charge is -2.17. The number of halogens is 1. The van der Waals surface area contributed by atoms with Crippen molar-refractivity contribution in [3.05, 3.63) is 33.4 Å². The first-order valence-corrected chi connectivity index (χ1v) is 7.25. The van der Waals surface area contributed by atoms with Gasteiger partial charge >= 0.3 is 0 Å². The van der Waals surface area contributed by atoms with Crippen LogP contribution in [0.3, 0.4) is 0 Å². The van der Waals surface area contributed by atoms with Gasteiger partial charge in [0.15, 0.2) is 0 Å². The zero-order valence-electron chi connectivity index (χ0n) is 11.4. The Morgan fingerprint density at radius 3 is 2.37 bits per heavy atom. The average Bonchev–Trinajstić information content (AvgIpc) is 2.36. The van der Waals surface area contributed by atoms with Crippen LogP contribution in [0.2, 0.25) is 0 Å². The van der Waals surface area contributed by atoms with E-state index in [0.29, 0.717) is 18.0 Å². The van der Waals surface area contributed by atoms with Gasteiger partial charge in [0.2, 0.25) is 5.91 Å². The van der Waals surface area contributed by atoms with Crippen molar-refractivity contribution in [1.82, 2.24) is 10.2 Å². The van der Waals surface area contributed by atoms with Gasteiger partial charge < -0.3 is 10.2 Å². The molecule has 2 amide bonds. The Hall–Kier alpha value is -1.11. The molecule has 1 aromatic rings. The first kappa shape index (κ1) is 15.9. The third kappa shape index (κ3) is 5.59. The molecular formula is C14H19IN2O2. The smallest absolute Gasteiger partial charge is 0.254 e. The van der Waals surface area contributed by atoms with E-state index in [0.717, 1.165) is 3.57 Å². The Balaban J connectivity index is 2.53. The molecular weight excluding hydrogens is 355 g/mol. The molecule has 0 aliphatic carbocycles. The van der Waals surface area contributed by atoms with Gasteiger partial charge in [0.25, 0.3) is 5.91 Å². The van der Waals surface area contributed by atoms with Gasteiger partial charge in [0, 0.05) is 22.7 Å². The summed E-state index contributed by atoms with van der Waals surface area (Å²) in [6.45, 7) is 4.77. The minimum Gasteiger partial charge on any atom is -0.354 e. The summed E-state index contributed by atoms with van der Waals surface area (Å²) in [5, 5.41) is 2.79. The van der Waals surface area contributed by atoms with Gasteiger partial charge in [-0.2, -0.15) is 0 Å². The first-order chi connectivity index (χ1) is 8.90. The second-order valence-corrected chi connectivity index (χ2v) is 6.11. The molecule has 0 unspecified atom stereocenters. The molecule has 0 saturated carbocycles. The molecule has 0 fully saturated rings. The Morgan fingerprint density at radius 1 is 1.26 bits per heavy atom. The molecule has 0 spiro atoms. The quantitative estimate of drug-likeness (QED) is 0.803. The summed E-state index contributed by atoms with van der Waals surface area (Å²) in [7, 11) is 1.63. The molecule has 4 nitrogen and oxygen atoms in total. The van der Waals surface area contributed by atoms with Crippen LogP contribution in [0.5, 0.6) is 0 Å². The van der Waals surface area contributed by atoms with Crippen LogP contribution in [-0.2, 0) is 4.79 Å². The number of hydrogen-bond donors (Lipinski definition) is 1. The standard InChI is InChI=1S/C14H19IN2O2/c1-10(2)8-16-13(18)9-17(3)14(19)11-4-6-12(15)7-5-11/h4-7,10H,8-9H2,1-3H3,(H,16,18). The first-order valence-electron chi connectivity index (χ1n) is 6.18. The molecule has 1 aromatic carbocycles. The van der Waals surface area contributed by atoms with Gasteiger partial charge in [-0.3, -0.25) is 9.59 Å². The van der Waals surface area contributed by atoms with E-state index < -0.39 is 0 Å². The fourth-order valence-electron chi connectivity index (χ4n) is 1.47. The Kier molecular flexibility index (Phi) is 6.27. The summed E-state index contributed by atoms with van der Waals surface area (Å²) >= 11 is 2.19. The molecule has 0 atom stereocenters. The Labute approximate surface area is 127 Å². The topological polar surface area (TPSA) is 49.4 Å². The van der Waals surface area contributed by atoms with Crippen molar-refractivity contribution in [2.24, 2.45) is 5.92 Å². The van der Waals surface area contributed by atoms with Crippen molar-refractivity contribution in [3.8, 4) is 0 Å². The number of likely N-dealkylation sites (N-methyl/N-ethyl adjacent to an activating group) is 1. The maximum Gasteiger partial charge on any atom is 0.254 e. The van der Waals surface area contributed by atoms with Gasteiger partial charge in [-0.25, -0.2) is 0 Å². The van der Waals surface area contributed by atoms with E-state index in [9.17, 15) is 9.59 Å². The van der Waals surface area contributed by atoms with Crippen LogP contribution < -0.4 is 5.32 Å². The van der Waals surface area contributed by atoms with E-state index in [4.69, 9.17) is 0 Å². The molecule has 0 saturated heterocycles. The minimum absolute atomic E-state index is 0.0809. The lowest BCUT2D eigenvalue weighted by Crippen LogP contribution is -2.39. The number of carbonyl (C=O) groups is 2. The molecule has 0 aliphatic heterocycles. The number of hydrogen-bond acceptors (Lipinski definition) is 2. The highest BCUT2D eigenvalue weighted by Gasteiger charge is 2.14. The highest BCUT2D eigenvalue weighted by atomic mass is 127. The maximum absolute atomic E-state index is 12.1. The number of carbonyl (C=O) groups excluding carboxylic acids is 2. The molecule has 5 heteroatoms. The second kappa shape index (κ2) is 7.47. The van der Waals surface area contributed by atoms with E-state index >= 15 is 0 Å². The highest BCUT2D eigenvalue weighted by Crippen LogP contribution is 2.08. The van der Waals surface area contributed by atoms with Crippen LogP contribution in [0.1, 0.15) is 24.2 Å². The Bertz CT molecular complexity index is 443. The zero-order chi connectivity index (χ0) is 14.4. The summed E-state index contributed by atoms with van der Waals surface area (Å²) in [5.41, 5.74) is 0.597. The summed E-state index contributed by atoms with van der Waals surface area (Å²) < 4.78 is 1.08. The van der Waals surface area contributed by atoms with Crippen LogP contribution in [-0.4, -0.2) is 36.9 Å². The number of benzene rings is 1. The molecule has 104 valence electrons. The van der Waals surface area contributed by atoms with Gasteiger partial charge in [0.1, 0.15) is 0 Å². The van der Waals surface area contributed by atoms with Crippen LogP contribution in [0.25, 0.3) is 0 Å². The second-order valence-electron chi connectivity index (χ2n) is 4.87. The lowest BCUT2D eigenvalue weighted by molar-refractivity contribution is -0.121. The third-order valence-corrected chi connectivity index (χ3v) is 3.25. The van der Waals surface area contributed by atoms with Crippen LogP contribution in [0.15, 0.2) is 24.3 Å². The van der Waals surface area contributed by atoms with E-state index in [2.05, 4.69) is 27.9 Å². The number of rotatable bonds is 5. The summed E-state index contributed by atoms with van der Waals surface area (Å²) in [6.07, 6.45) is 0. The molecule has 0 heterocycles. The predicted octanol–water partition coefficient (Wildman–Crippen LogP) is 2.14. The number of nitrogens with one attached hydrogen (secondary N) is 1. The summed E-state index contributed by atoms with van der Waals surface area (Å²) in [6, 6.07) is 7.29. The van der Waals surface area contributed by atoms with Gasteiger partial charge in [-0.05, 0) is 52.8 Å². The van der Waals surface area contributed by atoms with Crippen molar-refractivity contribution in [1.29, 1.82) is 0 Å². The minimum atomic E-state index is -0.143. The number of nitrogens with zero attached hydrogens (tertiary/aromatic N) is 1. The van der Waals surface area contributed by atoms with Crippen LogP contribution in [0.4, 0.5) is 0 Å². The van der Waals surface area contributed by atoms with Crippen molar-refractivity contribution in [2.75, 3.05) is 20.1 Å². The van der Waals surface area contributed by atoms with Crippen LogP contribution in [0, 0.1) is 9.49 Å². The summed E-state index contributed by atoms with van der Waals surface area (Å²) in [4.78, 5) is 25.1. The van der Waals surface area contributed by atoms with Crippen molar-refractivity contribution in [2.45, 2.75) is 13.8 Å². The molecule has 19 heavy (non-hydrogen) atoms. The van der Waals surface area contributed by atoms with Gasteiger partial charge in [-0.1, -0.05) is 13.8 Å². The highest BCUT2D eigenvalue weighted by molar-refractivity contribution is 14.1. The molecule has 0 radical (unpaired) electrons. The third-order valence-electron chi connectivity index (χ3n) is 2.53. The SMILES string of the molecule is CC(C)CNC(=O)CN(C)C(=O)c1ccc(I)cc1. The van der Waals surface area contributed by atoms with Crippen molar-refractivity contribution in [3.63, 3.8) is 0 Å². The zero-order valence-corrected chi connectivity index (χ0v) is 13.6. The van der Waals surface area contributed by atoms with Crippen molar-refractivity contribution < 1.29 is 9.59 Å². The molecule has 0 aromatic heterocycles. The lowest BCUT2D eigenvalue weighted by atomic mass is 10.2. The van der Waals surface area contributed by atoms with E-state index in [1.807, 2.05) is 26.0 Å². The summed E-state index contributed by atoms with van der Waals surface area (Å²) in [5.74, 6) is 0.132. The normalized spacial score (nSPS) is 10.4. The molecule has 1 rings (SSSR count). The van der Waals surface area contributed by atoms with Gasteiger partial charge in [-0.15, -0.1) is 0 Å². The maximum atomic E-state index is 12.1. The average molecular weight is 374 g/mol. The van der Waals surface area contributed by atoms with Crippen LogP contribution >= 0.6 is 22.6 Å². The largest absolute Gasteiger partial charge is 0.354 e. The predicted molar refractivity (Wildman–Crippen MR) is 84.0 cm³/mol. The Morgan fingerprint density at radius 2 is 1.84 bits per heavy atom. The van der Waals surface area contributed by atoms with E-state index in [1.165, 1.54) is 4.90 Å². The van der Waals surface area contributed by atoms with E-state index in [-0.39, 0.29) is 18.4 Å². The van der Waals surface area contributed by atoms with E-state index in [1.54, 1.807) is 19.2 Å². The van der Waals surface area contributed by atoms with Crippen molar-refractivity contribution >= 4 is 34.4 Å².